The van der Waals surface area contributed by atoms with E-state index >= 15 is 0 Å². The Bertz CT molecular complexity index is 418. The van der Waals surface area contributed by atoms with Gasteiger partial charge in [-0.05, 0) is 19.1 Å². The van der Waals surface area contributed by atoms with E-state index in [0.29, 0.717) is 29.7 Å². The molecular formula is C13H16FNO2. The largest absolute Gasteiger partial charge is 0.383 e. The maximum atomic E-state index is 13.5. The number of carbonyl (C=O) groups excluding carboxylic acids is 1. The molecule has 1 atom stereocenters. The number of hydrogen-bond donors (Lipinski definition) is 1. The summed E-state index contributed by atoms with van der Waals surface area (Å²) in [5, 5.41) is 3.02. The van der Waals surface area contributed by atoms with Gasteiger partial charge in [-0.2, -0.15) is 0 Å². The first-order valence-corrected chi connectivity index (χ1v) is 5.29. The van der Waals surface area contributed by atoms with Crippen LogP contribution in [-0.2, 0) is 4.74 Å². The van der Waals surface area contributed by atoms with E-state index in [9.17, 15) is 9.18 Å². The van der Waals surface area contributed by atoms with Crippen LogP contribution in [-0.4, -0.2) is 26.0 Å². The number of rotatable bonds is 6. The molecule has 0 fully saturated rings. The van der Waals surface area contributed by atoms with Crippen LogP contribution in [0.4, 0.5) is 10.1 Å². The van der Waals surface area contributed by atoms with Crippen LogP contribution in [0.3, 0.4) is 0 Å². The van der Waals surface area contributed by atoms with E-state index in [0.717, 1.165) is 0 Å². The van der Waals surface area contributed by atoms with Gasteiger partial charge >= 0.3 is 0 Å². The first-order valence-electron chi connectivity index (χ1n) is 5.29. The number of hydrogen-bond acceptors (Lipinski definition) is 3. The second-order valence-electron chi connectivity index (χ2n) is 3.78. The summed E-state index contributed by atoms with van der Waals surface area (Å²) in [5.74, 6) is -0.405. The highest BCUT2D eigenvalue weighted by Gasteiger charge is 2.10. The Balaban J connectivity index is 3.02. The topological polar surface area (TPSA) is 38.3 Å². The highest BCUT2D eigenvalue weighted by atomic mass is 19.1. The van der Waals surface area contributed by atoms with Gasteiger partial charge < -0.3 is 10.1 Å². The van der Waals surface area contributed by atoms with E-state index in [-0.39, 0.29) is 6.04 Å². The predicted octanol–water partition coefficient (Wildman–Crippen LogP) is 2.73. The molecule has 17 heavy (non-hydrogen) atoms. The summed E-state index contributed by atoms with van der Waals surface area (Å²) in [5.41, 5.74) is 1.19. The number of benzene rings is 1. The minimum absolute atomic E-state index is 0.00678. The molecule has 1 N–H and O–H groups in total. The molecule has 0 unspecified atom stereocenters. The van der Waals surface area contributed by atoms with Crippen LogP contribution in [0.2, 0.25) is 0 Å². The molecule has 0 aromatic heterocycles. The van der Waals surface area contributed by atoms with Gasteiger partial charge in [0.2, 0.25) is 0 Å². The summed E-state index contributed by atoms with van der Waals surface area (Å²) in [6.07, 6.45) is 2.07. The third-order valence-corrected chi connectivity index (χ3v) is 2.33. The van der Waals surface area contributed by atoms with Crippen molar-refractivity contribution in [3.63, 3.8) is 0 Å². The fourth-order valence-electron chi connectivity index (χ4n) is 1.54. The normalized spacial score (nSPS) is 11.9. The molecule has 4 heteroatoms. The highest BCUT2D eigenvalue weighted by Crippen LogP contribution is 2.21. The third kappa shape index (κ3) is 3.39. The van der Waals surface area contributed by atoms with Gasteiger partial charge in [0.25, 0.3) is 0 Å². The Labute approximate surface area is 100 Å². The lowest BCUT2D eigenvalue weighted by Crippen LogP contribution is -2.21. The zero-order valence-corrected chi connectivity index (χ0v) is 10.00. The van der Waals surface area contributed by atoms with Crippen molar-refractivity contribution < 1.29 is 13.9 Å². The van der Waals surface area contributed by atoms with E-state index in [1.54, 1.807) is 7.11 Å². The van der Waals surface area contributed by atoms with Crippen molar-refractivity contribution in [1.29, 1.82) is 0 Å². The molecule has 0 aliphatic heterocycles. The Hall–Kier alpha value is -1.68. The van der Waals surface area contributed by atoms with Crippen molar-refractivity contribution in [2.75, 3.05) is 19.0 Å². The monoisotopic (exact) mass is 237 g/mol. The lowest BCUT2D eigenvalue weighted by Gasteiger charge is -2.16. The molecule has 0 aliphatic rings. The van der Waals surface area contributed by atoms with Gasteiger partial charge in [-0.3, -0.25) is 4.79 Å². The van der Waals surface area contributed by atoms with Gasteiger partial charge in [0, 0.05) is 30.0 Å². The number of methoxy groups -OCH3 is 1. The molecule has 1 rings (SSSR count). The molecule has 3 nitrogen and oxygen atoms in total. The molecule has 1 aromatic carbocycles. The summed E-state index contributed by atoms with van der Waals surface area (Å²) in [4.78, 5) is 10.9. The maximum absolute atomic E-state index is 13.5. The molecule has 0 amide bonds. The average molecular weight is 237 g/mol. The lowest BCUT2D eigenvalue weighted by molar-refractivity contribution is 0.112. The van der Waals surface area contributed by atoms with E-state index in [2.05, 4.69) is 11.9 Å². The SMILES string of the molecule is C=Cc1cc(C=O)c(N[C@@H](C)COC)cc1F. The number of carbonyl (C=O) groups is 1. The average Bonchev–Trinajstić information content (AvgIpc) is 2.29. The van der Waals surface area contributed by atoms with Gasteiger partial charge in [0.05, 0.1) is 6.61 Å². The molecular weight excluding hydrogens is 221 g/mol. The zero-order chi connectivity index (χ0) is 12.8. The standard InChI is InChI=1S/C13H16FNO2/c1-4-10-5-11(7-16)13(6-12(10)14)15-9(2)8-17-3/h4-7,9,15H,1,8H2,2-3H3/t9-/m0/s1. The van der Waals surface area contributed by atoms with Crippen LogP contribution >= 0.6 is 0 Å². The van der Waals surface area contributed by atoms with Crippen molar-refractivity contribution in [3.05, 3.63) is 35.7 Å². The van der Waals surface area contributed by atoms with Crippen LogP contribution in [0.1, 0.15) is 22.8 Å². The molecule has 0 radical (unpaired) electrons. The fourth-order valence-corrected chi connectivity index (χ4v) is 1.54. The summed E-state index contributed by atoms with van der Waals surface area (Å²) in [7, 11) is 1.58. The summed E-state index contributed by atoms with van der Waals surface area (Å²) in [6.45, 7) is 5.85. The molecule has 0 saturated heterocycles. The second-order valence-corrected chi connectivity index (χ2v) is 3.78. The molecule has 0 saturated carbocycles. The van der Waals surface area contributed by atoms with Gasteiger partial charge in [-0.1, -0.05) is 12.7 Å². The van der Waals surface area contributed by atoms with Crippen molar-refractivity contribution in [1.82, 2.24) is 0 Å². The van der Waals surface area contributed by atoms with Crippen LogP contribution in [0.25, 0.3) is 6.08 Å². The zero-order valence-electron chi connectivity index (χ0n) is 10.00. The number of halogens is 1. The molecule has 1 aromatic rings. The van der Waals surface area contributed by atoms with E-state index in [1.165, 1.54) is 18.2 Å². The molecule has 0 spiro atoms. The Morgan fingerprint density at radius 1 is 1.53 bits per heavy atom. The summed E-state index contributed by atoms with van der Waals surface area (Å²) in [6, 6.07) is 2.76. The van der Waals surface area contributed by atoms with Crippen molar-refractivity contribution in [2.45, 2.75) is 13.0 Å². The van der Waals surface area contributed by atoms with Crippen LogP contribution in [0.5, 0.6) is 0 Å². The van der Waals surface area contributed by atoms with E-state index < -0.39 is 5.82 Å². The fraction of sp³-hybridized carbons (Fsp3) is 0.308. The van der Waals surface area contributed by atoms with Gasteiger partial charge in [0.1, 0.15) is 5.82 Å². The van der Waals surface area contributed by atoms with E-state index in [4.69, 9.17) is 4.74 Å². The van der Waals surface area contributed by atoms with Gasteiger partial charge in [-0.15, -0.1) is 0 Å². The molecule has 92 valence electrons. The van der Waals surface area contributed by atoms with Crippen molar-refractivity contribution in [2.24, 2.45) is 0 Å². The van der Waals surface area contributed by atoms with Crippen LogP contribution < -0.4 is 5.32 Å². The van der Waals surface area contributed by atoms with Crippen LogP contribution in [0.15, 0.2) is 18.7 Å². The molecule has 0 bridgehead atoms. The molecule has 0 heterocycles. The minimum Gasteiger partial charge on any atom is -0.383 e. The van der Waals surface area contributed by atoms with Crippen molar-refractivity contribution in [3.8, 4) is 0 Å². The number of aldehydes is 1. The minimum atomic E-state index is -0.405. The predicted molar refractivity (Wildman–Crippen MR) is 66.8 cm³/mol. The number of anilines is 1. The highest BCUT2D eigenvalue weighted by molar-refractivity contribution is 5.85. The lowest BCUT2D eigenvalue weighted by atomic mass is 10.1. The number of nitrogens with one attached hydrogen (secondary N) is 1. The smallest absolute Gasteiger partial charge is 0.152 e. The first kappa shape index (κ1) is 13.4. The Morgan fingerprint density at radius 3 is 2.76 bits per heavy atom. The summed E-state index contributed by atoms with van der Waals surface area (Å²) >= 11 is 0. The third-order valence-electron chi connectivity index (χ3n) is 2.33. The number of ether oxygens (including phenoxy) is 1. The van der Waals surface area contributed by atoms with Crippen molar-refractivity contribution >= 4 is 18.0 Å². The van der Waals surface area contributed by atoms with Crippen LogP contribution in [0, 0.1) is 5.82 Å². The Kier molecular flexibility index (Phi) is 4.84. The van der Waals surface area contributed by atoms with Gasteiger partial charge in [-0.25, -0.2) is 4.39 Å². The van der Waals surface area contributed by atoms with Gasteiger partial charge in [0.15, 0.2) is 6.29 Å². The van der Waals surface area contributed by atoms with E-state index in [1.807, 2.05) is 6.92 Å². The maximum Gasteiger partial charge on any atom is 0.152 e. The molecule has 0 aliphatic carbocycles. The first-order chi connectivity index (χ1) is 8.12. The Morgan fingerprint density at radius 2 is 2.24 bits per heavy atom. The second kappa shape index (κ2) is 6.15. The summed E-state index contributed by atoms with van der Waals surface area (Å²) < 4.78 is 18.5. The quantitative estimate of drug-likeness (QED) is 0.773.